The van der Waals surface area contributed by atoms with E-state index in [1.807, 2.05) is 0 Å². The third-order valence-electron chi connectivity index (χ3n) is 7.79. The quantitative estimate of drug-likeness (QED) is 0.0726. The van der Waals surface area contributed by atoms with Gasteiger partial charge in [0.1, 0.15) is 0 Å². The van der Waals surface area contributed by atoms with Crippen molar-refractivity contribution in [1.29, 1.82) is 0 Å². The third-order valence-corrected chi connectivity index (χ3v) is 7.79. The molecule has 3 atom stereocenters. The van der Waals surface area contributed by atoms with Gasteiger partial charge in [0, 0.05) is 0 Å². The fourth-order valence-corrected chi connectivity index (χ4v) is 5.19. The molecule has 0 aliphatic rings. The molecule has 3 N–H and O–H groups in total. The zero-order chi connectivity index (χ0) is 27.4. The van der Waals surface area contributed by atoms with Crippen molar-refractivity contribution in [2.45, 2.75) is 149 Å². The second-order valence-electron chi connectivity index (χ2n) is 10.4. The monoisotopic (exact) mass is 512 g/mol. The number of quaternary nitrogens is 1. The minimum absolute atomic E-state index is 0.205. The van der Waals surface area contributed by atoms with E-state index in [0.717, 1.165) is 25.7 Å². The minimum atomic E-state index is -1.18. The van der Waals surface area contributed by atoms with Crippen LogP contribution in [0.2, 0.25) is 0 Å². The highest BCUT2D eigenvalue weighted by molar-refractivity contribution is 5.77. The number of hydrogen-bond donors (Lipinski definition) is 3. The molecule has 36 heavy (non-hydrogen) atoms. The highest BCUT2D eigenvalue weighted by atomic mass is 16.4. The summed E-state index contributed by atoms with van der Waals surface area (Å²) >= 11 is 0. The van der Waals surface area contributed by atoms with Crippen molar-refractivity contribution in [1.82, 2.24) is 0 Å². The third kappa shape index (κ3) is 12.9. The molecule has 0 aromatic heterocycles. The molecule has 0 amide bonds. The van der Waals surface area contributed by atoms with Crippen LogP contribution in [0, 0.1) is 0 Å². The fourth-order valence-electron chi connectivity index (χ4n) is 5.19. The lowest BCUT2D eigenvalue weighted by Crippen LogP contribution is -2.70. The first-order valence-electron chi connectivity index (χ1n) is 14.3. The van der Waals surface area contributed by atoms with Gasteiger partial charge in [-0.25, -0.2) is 14.4 Å². The van der Waals surface area contributed by atoms with Crippen molar-refractivity contribution in [2.24, 2.45) is 0 Å². The summed E-state index contributed by atoms with van der Waals surface area (Å²) in [6.45, 7) is 6.70. The molecule has 0 heterocycles. The predicted octanol–water partition coefficient (Wildman–Crippen LogP) is 7.04. The van der Waals surface area contributed by atoms with E-state index in [4.69, 9.17) is 0 Å². The van der Waals surface area contributed by atoms with Gasteiger partial charge < -0.3 is 15.3 Å². The van der Waals surface area contributed by atoms with Crippen LogP contribution < -0.4 is 0 Å². The Bertz CT molecular complexity index is 597. The Morgan fingerprint density at radius 2 is 0.861 bits per heavy atom. The van der Waals surface area contributed by atoms with Crippen LogP contribution in [-0.4, -0.2) is 62.4 Å². The molecule has 0 saturated carbocycles. The highest BCUT2D eigenvalue weighted by Gasteiger charge is 2.52. The molecular formula is C29H54NO6+. The maximum atomic E-state index is 11.8. The summed E-state index contributed by atoms with van der Waals surface area (Å²) in [6.07, 6.45) is 23.5. The zero-order valence-electron chi connectivity index (χ0n) is 23.4. The predicted molar refractivity (Wildman–Crippen MR) is 145 cm³/mol. The van der Waals surface area contributed by atoms with Crippen LogP contribution in [0.3, 0.4) is 0 Å². The van der Waals surface area contributed by atoms with Gasteiger partial charge in [-0.2, -0.15) is 0 Å². The van der Waals surface area contributed by atoms with Crippen LogP contribution in [0.4, 0.5) is 0 Å². The molecule has 210 valence electrons. The summed E-state index contributed by atoms with van der Waals surface area (Å²) in [5.41, 5.74) is 0. The van der Waals surface area contributed by atoms with Gasteiger partial charge in [0.15, 0.2) is 18.1 Å². The van der Waals surface area contributed by atoms with E-state index < -0.39 is 40.5 Å². The highest BCUT2D eigenvalue weighted by Crippen LogP contribution is 2.27. The van der Waals surface area contributed by atoms with E-state index in [0.29, 0.717) is 6.42 Å². The van der Waals surface area contributed by atoms with Gasteiger partial charge in [0.2, 0.25) is 0 Å². The number of allylic oxidation sites excluding steroid dienone is 2. The smallest absolute Gasteiger partial charge is 0.362 e. The SMILES string of the molecule is CCCCCCCCCCCCC/C=C/CCCCC[N+](C(C)C(=O)O)(C(C)C(=O)O)C(C)C(=O)O. The van der Waals surface area contributed by atoms with Gasteiger partial charge in [-0.05, 0) is 59.3 Å². The van der Waals surface area contributed by atoms with Gasteiger partial charge in [-0.3, -0.25) is 4.48 Å². The summed E-state index contributed by atoms with van der Waals surface area (Å²) in [7, 11) is 0. The van der Waals surface area contributed by atoms with E-state index in [1.54, 1.807) is 0 Å². The summed E-state index contributed by atoms with van der Waals surface area (Å²) in [5, 5.41) is 28.9. The molecule has 0 aliphatic carbocycles. The Hall–Kier alpha value is -1.89. The number of unbranched alkanes of at least 4 members (excludes halogenated alkanes) is 14. The summed E-state index contributed by atoms with van der Waals surface area (Å²) in [4.78, 5) is 35.3. The second kappa shape index (κ2) is 20.2. The second-order valence-corrected chi connectivity index (χ2v) is 10.4. The maximum absolute atomic E-state index is 11.8. The molecule has 0 fully saturated rings. The number of aliphatic carboxylic acids is 3. The van der Waals surface area contributed by atoms with Gasteiger partial charge >= 0.3 is 17.9 Å². The van der Waals surface area contributed by atoms with Crippen LogP contribution in [0.1, 0.15) is 130 Å². The lowest BCUT2D eigenvalue weighted by atomic mass is 10.00. The van der Waals surface area contributed by atoms with Crippen LogP contribution in [0.15, 0.2) is 12.2 Å². The summed E-state index contributed by atoms with van der Waals surface area (Å²) in [5.74, 6) is -3.54. The Kier molecular flexibility index (Phi) is 19.1. The molecule has 0 spiro atoms. The summed E-state index contributed by atoms with van der Waals surface area (Å²) in [6, 6.07) is -3.39. The van der Waals surface area contributed by atoms with Gasteiger partial charge in [-0.1, -0.05) is 83.3 Å². The molecule has 0 aromatic rings. The number of carboxylic acid groups (broad SMARTS) is 3. The van der Waals surface area contributed by atoms with Crippen molar-refractivity contribution in [2.75, 3.05) is 6.54 Å². The van der Waals surface area contributed by atoms with Gasteiger partial charge in [0.25, 0.3) is 0 Å². The first-order valence-corrected chi connectivity index (χ1v) is 14.3. The maximum Gasteiger partial charge on any atom is 0.362 e. The molecule has 0 saturated heterocycles. The molecule has 0 radical (unpaired) electrons. The number of carbonyl (C=O) groups is 3. The van der Waals surface area contributed by atoms with Crippen LogP contribution >= 0.6 is 0 Å². The van der Waals surface area contributed by atoms with Gasteiger partial charge in [0.05, 0.1) is 6.54 Å². The van der Waals surface area contributed by atoms with Crippen LogP contribution in [-0.2, 0) is 14.4 Å². The largest absolute Gasteiger partial charge is 0.477 e. The first-order chi connectivity index (χ1) is 17.1. The fraction of sp³-hybridized carbons (Fsp3) is 0.828. The van der Waals surface area contributed by atoms with Crippen LogP contribution in [0.25, 0.3) is 0 Å². The van der Waals surface area contributed by atoms with Crippen molar-refractivity contribution < 1.29 is 34.2 Å². The Morgan fingerprint density at radius 1 is 0.556 bits per heavy atom. The number of nitrogens with zero attached hydrogens (tertiary/aromatic N) is 1. The van der Waals surface area contributed by atoms with Crippen molar-refractivity contribution in [3.63, 3.8) is 0 Å². The van der Waals surface area contributed by atoms with Crippen molar-refractivity contribution in [3.8, 4) is 0 Å². The Morgan fingerprint density at radius 3 is 1.19 bits per heavy atom. The van der Waals surface area contributed by atoms with E-state index in [2.05, 4.69) is 19.1 Å². The molecule has 0 aliphatic heterocycles. The molecule has 7 nitrogen and oxygen atoms in total. The molecular weight excluding hydrogens is 458 g/mol. The molecule has 0 bridgehead atoms. The average Bonchev–Trinajstić information content (AvgIpc) is 2.84. The van der Waals surface area contributed by atoms with E-state index >= 15 is 0 Å². The normalized spacial score (nSPS) is 15.9. The molecule has 0 aromatic carbocycles. The van der Waals surface area contributed by atoms with E-state index in [-0.39, 0.29) is 6.54 Å². The first kappa shape index (κ1) is 34.1. The minimum Gasteiger partial charge on any atom is -0.477 e. The number of carboxylic acids is 3. The lowest BCUT2D eigenvalue weighted by Gasteiger charge is -2.47. The van der Waals surface area contributed by atoms with E-state index in [1.165, 1.54) is 91.4 Å². The number of hydrogen-bond acceptors (Lipinski definition) is 3. The Balaban J connectivity index is 4.26. The van der Waals surface area contributed by atoms with Crippen molar-refractivity contribution >= 4 is 17.9 Å². The summed E-state index contributed by atoms with van der Waals surface area (Å²) < 4.78 is -0.491. The van der Waals surface area contributed by atoms with Crippen molar-refractivity contribution in [3.05, 3.63) is 12.2 Å². The topological polar surface area (TPSA) is 112 Å². The van der Waals surface area contributed by atoms with Gasteiger partial charge in [-0.15, -0.1) is 0 Å². The Labute approximate surface area is 219 Å². The standard InChI is InChI=1S/C29H53NO6/c1-5-6-7-8-9-10-11-12-13-14-15-16-17-18-19-20-21-22-23-30(24(2)27(31)32,25(3)28(33)34)26(4)29(35)36/h17-18,24-26H,5-16,19-23H2,1-4H3,(H2-,31,32,33,34,35,36)/p+1/b18-17+. The molecule has 7 heteroatoms. The molecule has 0 rings (SSSR count). The lowest BCUT2D eigenvalue weighted by molar-refractivity contribution is -0.968. The van der Waals surface area contributed by atoms with Crippen LogP contribution in [0.5, 0.6) is 0 Å². The molecule has 3 unspecified atom stereocenters. The average molecular weight is 513 g/mol. The zero-order valence-corrected chi connectivity index (χ0v) is 23.4. The van der Waals surface area contributed by atoms with E-state index in [9.17, 15) is 29.7 Å². The number of rotatable bonds is 24.